The van der Waals surface area contributed by atoms with Crippen molar-refractivity contribution in [1.29, 1.82) is 0 Å². The average Bonchev–Trinajstić information content (AvgIpc) is 3.38. The van der Waals surface area contributed by atoms with Gasteiger partial charge in [-0.15, -0.1) is 0 Å². The molecule has 0 aromatic rings. The minimum atomic E-state index is -0.863. The molecule has 0 saturated heterocycles. The molecule has 2 atom stereocenters. The summed E-state index contributed by atoms with van der Waals surface area (Å²) in [7, 11) is 0. The van der Waals surface area contributed by atoms with Gasteiger partial charge in [-0.25, -0.2) is 0 Å². The lowest BCUT2D eigenvalue weighted by Gasteiger charge is -2.19. The number of unbranched alkanes of at least 4 members (excludes halogenated alkanes) is 48. The summed E-state index contributed by atoms with van der Waals surface area (Å²) in [5.41, 5.74) is 0. The second kappa shape index (κ2) is 61.9. The summed E-state index contributed by atoms with van der Waals surface area (Å²) in [4.78, 5) is 24.6. The van der Waals surface area contributed by atoms with Crippen molar-refractivity contribution in [2.75, 3.05) is 13.2 Å². The van der Waals surface area contributed by atoms with Crippen LogP contribution in [0.25, 0.3) is 0 Å². The smallest absolute Gasteiger partial charge is 0.305 e. The predicted molar refractivity (Wildman–Crippen MR) is 315 cm³/mol. The van der Waals surface area contributed by atoms with Gasteiger partial charge in [0.25, 0.3) is 0 Å². The molecule has 0 radical (unpaired) electrons. The van der Waals surface area contributed by atoms with Crippen LogP contribution in [-0.2, 0) is 14.3 Å². The average molecular weight is 1010 g/mol. The molecule has 6 nitrogen and oxygen atoms in total. The standard InChI is InChI=1S/C66H127NO5/c1-3-5-7-9-11-13-15-17-19-21-23-24-25-26-27-28-29-31-34-38-42-46-50-54-58-64(69)63(62-68)67-65(70)59-55-51-47-43-39-35-33-37-41-45-49-53-57-61-72-66(71)60-56-52-48-44-40-36-32-30-22-20-18-16-14-12-10-8-6-4-2/h35,39,54,58,63-64,68-69H,3-34,36-38,40-53,55-57,59-62H2,1-2H3,(H,67,70)/b39-35-,58-54+. The van der Waals surface area contributed by atoms with Crippen molar-refractivity contribution in [1.82, 2.24) is 5.32 Å². The summed E-state index contributed by atoms with van der Waals surface area (Å²) < 4.78 is 5.48. The fourth-order valence-electron chi connectivity index (χ4n) is 10.2. The van der Waals surface area contributed by atoms with Crippen LogP contribution in [0.5, 0.6) is 0 Å². The summed E-state index contributed by atoms with van der Waals surface area (Å²) in [6.07, 6.45) is 76.6. The maximum Gasteiger partial charge on any atom is 0.305 e. The summed E-state index contributed by atoms with van der Waals surface area (Å²) in [6, 6.07) is -0.649. The number of amides is 1. The zero-order valence-electron chi connectivity index (χ0n) is 48.7. The third-order valence-corrected chi connectivity index (χ3v) is 15.2. The lowest BCUT2D eigenvalue weighted by atomic mass is 10.0. The van der Waals surface area contributed by atoms with Crippen molar-refractivity contribution in [3.05, 3.63) is 24.3 Å². The van der Waals surface area contributed by atoms with Crippen molar-refractivity contribution < 1.29 is 24.5 Å². The number of esters is 1. The van der Waals surface area contributed by atoms with Gasteiger partial charge in [0.2, 0.25) is 5.91 Å². The highest BCUT2D eigenvalue weighted by atomic mass is 16.5. The van der Waals surface area contributed by atoms with Crippen LogP contribution < -0.4 is 5.32 Å². The van der Waals surface area contributed by atoms with Crippen LogP contribution in [0.4, 0.5) is 0 Å². The summed E-state index contributed by atoms with van der Waals surface area (Å²) >= 11 is 0. The fourth-order valence-corrected chi connectivity index (χ4v) is 10.2. The Hall–Kier alpha value is -1.66. The molecule has 0 aromatic heterocycles. The van der Waals surface area contributed by atoms with Crippen molar-refractivity contribution in [2.45, 2.75) is 373 Å². The molecule has 3 N–H and O–H groups in total. The van der Waals surface area contributed by atoms with Gasteiger partial charge >= 0.3 is 5.97 Å². The topological polar surface area (TPSA) is 95.9 Å². The second-order valence-electron chi connectivity index (χ2n) is 22.5. The van der Waals surface area contributed by atoms with Gasteiger partial charge in [0.1, 0.15) is 0 Å². The van der Waals surface area contributed by atoms with Crippen LogP contribution in [0.3, 0.4) is 0 Å². The molecular weight excluding hydrogens is 887 g/mol. The van der Waals surface area contributed by atoms with Gasteiger partial charge in [-0.3, -0.25) is 9.59 Å². The first kappa shape index (κ1) is 70.3. The SMILES string of the molecule is CCCCCCCCCCCCCCCCCCCCCCCC/C=C/C(O)C(CO)NC(=O)CCCCC/C=C\CCCCCCCCOC(=O)CCCCCCCCCCCCCCCCCCCC. The van der Waals surface area contributed by atoms with Crippen molar-refractivity contribution in [2.24, 2.45) is 0 Å². The molecule has 0 aromatic carbocycles. The van der Waals surface area contributed by atoms with Crippen LogP contribution in [0.2, 0.25) is 0 Å². The number of carbonyl (C=O) groups is 2. The Morgan fingerprint density at radius 1 is 0.375 bits per heavy atom. The van der Waals surface area contributed by atoms with Crippen molar-refractivity contribution >= 4 is 11.9 Å². The van der Waals surface area contributed by atoms with Crippen LogP contribution in [0.15, 0.2) is 24.3 Å². The molecule has 0 bridgehead atoms. The van der Waals surface area contributed by atoms with Crippen LogP contribution >= 0.6 is 0 Å². The van der Waals surface area contributed by atoms with E-state index in [1.165, 1.54) is 263 Å². The highest BCUT2D eigenvalue weighted by Gasteiger charge is 2.18. The molecule has 426 valence electrons. The van der Waals surface area contributed by atoms with Gasteiger partial charge < -0.3 is 20.3 Å². The lowest BCUT2D eigenvalue weighted by Crippen LogP contribution is -2.45. The highest BCUT2D eigenvalue weighted by molar-refractivity contribution is 5.76. The number of allylic oxidation sites excluding steroid dienone is 3. The molecule has 0 spiro atoms. The van der Waals surface area contributed by atoms with E-state index in [4.69, 9.17) is 4.74 Å². The van der Waals surface area contributed by atoms with E-state index in [1.54, 1.807) is 6.08 Å². The first-order chi connectivity index (χ1) is 35.5. The Morgan fingerprint density at radius 3 is 1.00 bits per heavy atom. The van der Waals surface area contributed by atoms with Gasteiger partial charge in [0, 0.05) is 12.8 Å². The molecule has 1 amide bonds. The normalized spacial score (nSPS) is 12.7. The van der Waals surface area contributed by atoms with Gasteiger partial charge in [0.05, 0.1) is 25.4 Å². The monoisotopic (exact) mass is 1010 g/mol. The molecule has 0 fully saturated rings. The summed E-state index contributed by atoms with van der Waals surface area (Å²) in [5, 5.41) is 23.2. The summed E-state index contributed by atoms with van der Waals surface area (Å²) in [5.74, 6) is -0.102. The second-order valence-corrected chi connectivity index (χ2v) is 22.5. The zero-order valence-corrected chi connectivity index (χ0v) is 48.7. The van der Waals surface area contributed by atoms with E-state index in [2.05, 4.69) is 31.3 Å². The molecule has 0 rings (SSSR count). The highest BCUT2D eigenvalue weighted by Crippen LogP contribution is 2.18. The number of rotatable bonds is 61. The number of nitrogens with one attached hydrogen (secondary N) is 1. The third kappa shape index (κ3) is 57.6. The Bertz CT molecular complexity index is 1120. The maximum atomic E-state index is 12.5. The van der Waals surface area contributed by atoms with E-state index in [-0.39, 0.29) is 18.5 Å². The van der Waals surface area contributed by atoms with E-state index in [1.807, 2.05) is 6.08 Å². The lowest BCUT2D eigenvalue weighted by molar-refractivity contribution is -0.143. The quantitative estimate of drug-likeness (QED) is 0.0320. The Labute approximate surface area is 450 Å². The molecule has 0 heterocycles. The minimum absolute atomic E-state index is 0.00868. The molecule has 2 unspecified atom stereocenters. The molecule has 0 saturated carbocycles. The third-order valence-electron chi connectivity index (χ3n) is 15.2. The maximum absolute atomic E-state index is 12.5. The van der Waals surface area contributed by atoms with Crippen molar-refractivity contribution in [3.8, 4) is 0 Å². The van der Waals surface area contributed by atoms with Crippen LogP contribution in [-0.4, -0.2) is 47.4 Å². The number of hydrogen-bond donors (Lipinski definition) is 3. The molecule has 0 aliphatic rings. The Kier molecular flexibility index (Phi) is 60.5. The van der Waals surface area contributed by atoms with Gasteiger partial charge in [0.15, 0.2) is 0 Å². The number of aliphatic hydroxyl groups excluding tert-OH is 2. The van der Waals surface area contributed by atoms with Gasteiger partial charge in [-0.05, 0) is 57.8 Å². The predicted octanol–water partition coefficient (Wildman–Crippen LogP) is 20.6. The molecule has 0 aliphatic heterocycles. The molecular formula is C66H127NO5. The van der Waals surface area contributed by atoms with Crippen LogP contribution in [0, 0.1) is 0 Å². The van der Waals surface area contributed by atoms with Gasteiger partial charge in [-0.2, -0.15) is 0 Å². The Morgan fingerprint density at radius 2 is 0.653 bits per heavy atom. The number of hydrogen-bond acceptors (Lipinski definition) is 5. The minimum Gasteiger partial charge on any atom is -0.466 e. The van der Waals surface area contributed by atoms with E-state index < -0.39 is 12.1 Å². The van der Waals surface area contributed by atoms with Crippen molar-refractivity contribution in [3.63, 3.8) is 0 Å². The molecule has 6 heteroatoms. The van der Waals surface area contributed by atoms with E-state index in [0.717, 1.165) is 70.6 Å². The molecule has 72 heavy (non-hydrogen) atoms. The molecule has 0 aliphatic carbocycles. The van der Waals surface area contributed by atoms with E-state index in [9.17, 15) is 19.8 Å². The Balaban J connectivity index is 3.49. The number of ether oxygens (including phenoxy) is 1. The van der Waals surface area contributed by atoms with E-state index in [0.29, 0.717) is 19.4 Å². The largest absolute Gasteiger partial charge is 0.466 e. The van der Waals surface area contributed by atoms with Gasteiger partial charge in [-0.1, -0.05) is 314 Å². The van der Waals surface area contributed by atoms with Crippen LogP contribution in [0.1, 0.15) is 361 Å². The van der Waals surface area contributed by atoms with E-state index >= 15 is 0 Å². The number of aliphatic hydroxyl groups is 2. The summed E-state index contributed by atoms with van der Waals surface area (Å²) in [6.45, 7) is 4.90. The fraction of sp³-hybridized carbons (Fsp3) is 0.909. The number of carbonyl (C=O) groups excluding carboxylic acids is 2. The first-order valence-corrected chi connectivity index (χ1v) is 32.6. The first-order valence-electron chi connectivity index (χ1n) is 32.6. The zero-order chi connectivity index (χ0) is 52.2.